The van der Waals surface area contributed by atoms with Crippen molar-refractivity contribution in [2.75, 3.05) is 25.1 Å². The van der Waals surface area contributed by atoms with Crippen LogP contribution in [0.3, 0.4) is 0 Å². The number of amides is 3. The van der Waals surface area contributed by atoms with Crippen LogP contribution in [0.4, 0.5) is 10.5 Å². The van der Waals surface area contributed by atoms with Crippen LogP contribution in [-0.2, 0) is 14.3 Å². The number of nitrogens with one attached hydrogen (secondary N) is 2. The van der Waals surface area contributed by atoms with Gasteiger partial charge < -0.3 is 19.5 Å². The van der Waals surface area contributed by atoms with Gasteiger partial charge in [-0.2, -0.15) is 0 Å². The van der Waals surface area contributed by atoms with Gasteiger partial charge in [0.2, 0.25) is 0 Å². The van der Waals surface area contributed by atoms with Crippen LogP contribution < -0.4 is 20.1 Å². The fourth-order valence-electron chi connectivity index (χ4n) is 4.50. The number of imide groups is 1. The largest absolute Gasteiger partial charge is 0.490 e. The Labute approximate surface area is 176 Å². The first-order valence-corrected chi connectivity index (χ1v) is 10.6. The van der Waals surface area contributed by atoms with Gasteiger partial charge in [0.15, 0.2) is 18.1 Å². The standard InChI is InChI=1S/C22H30N2O6/c1-3-28-18-8-7-17(12-19(18)29-4-2)23-22(27)24-20(25)13-30-21(26)11-16-10-14-5-6-15(16)9-14/h7-8,12,14-16H,3-6,9-11,13H2,1-2H3,(H2,23,24,25,27)/t14-,15-,16-/m1/s1. The van der Waals surface area contributed by atoms with Crippen LogP contribution in [0.15, 0.2) is 18.2 Å². The molecule has 3 amide bonds. The summed E-state index contributed by atoms with van der Waals surface area (Å²) < 4.78 is 16.0. The molecule has 1 aromatic rings. The van der Waals surface area contributed by atoms with Crippen LogP contribution in [0, 0.1) is 17.8 Å². The molecule has 8 heteroatoms. The third-order valence-corrected chi connectivity index (χ3v) is 5.73. The van der Waals surface area contributed by atoms with E-state index in [1.807, 2.05) is 13.8 Å². The van der Waals surface area contributed by atoms with Gasteiger partial charge >= 0.3 is 12.0 Å². The van der Waals surface area contributed by atoms with Crippen LogP contribution in [0.1, 0.15) is 46.0 Å². The second-order valence-electron chi connectivity index (χ2n) is 7.83. The molecule has 0 heterocycles. The lowest BCUT2D eigenvalue weighted by Crippen LogP contribution is -2.37. The smallest absolute Gasteiger partial charge is 0.325 e. The van der Waals surface area contributed by atoms with E-state index in [0.29, 0.717) is 48.7 Å². The number of anilines is 1. The maximum absolute atomic E-state index is 12.1. The summed E-state index contributed by atoms with van der Waals surface area (Å²) in [5.41, 5.74) is 0.445. The lowest BCUT2D eigenvalue weighted by molar-refractivity contribution is -0.149. The summed E-state index contributed by atoms with van der Waals surface area (Å²) in [6.45, 7) is 4.18. The molecular formula is C22H30N2O6. The molecule has 2 aliphatic carbocycles. The van der Waals surface area contributed by atoms with Crippen molar-refractivity contribution >= 4 is 23.6 Å². The van der Waals surface area contributed by atoms with Gasteiger partial charge in [-0.15, -0.1) is 0 Å². The topological polar surface area (TPSA) is 103 Å². The Balaban J connectivity index is 1.41. The maximum atomic E-state index is 12.1. The lowest BCUT2D eigenvalue weighted by atomic mass is 9.86. The molecule has 2 aliphatic rings. The summed E-state index contributed by atoms with van der Waals surface area (Å²) >= 11 is 0. The van der Waals surface area contributed by atoms with E-state index in [-0.39, 0.29) is 5.97 Å². The Kier molecular flexibility index (Phi) is 7.54. The Bertz CT molecular complexity index is 781. The van der Waals surface area contributed by atoms with Crippen molar-refractivity contribution in [2.45, 2.75) is 46.0 Å². The van der Waals surface area contributed by atoms with Gasteiger partial charge in [0.1, 0.15) is 0 Å². The van der Waals surface area contributed by atoms with Crippen molar-refractivity contribution in [1.29, 1.82) is 0 Å². The normalized spacial score (nSPS) is 21.7. The van der Waals surface area contributed by atoms with Crippen LogP contribution in [0.25, 0.3) is 0 Å². The van der Waals surface area contributed by atoms with Gasteiger partial charge in [-0.1, -0.05) is 6.42 Å². The highest BCUT2D eigenvalue weighted by Gasteiger charge is 2.40. The average molecular weight is 418 g/mol. The van der Waals surface area contributed by atoms with Crippen molar-refractivity contribution < 1.29 is 28.6 Å². The van der Waals surface area contributed by atoms with Gasteiger partial charge in [0.25, 0.3) is 5.91 Å². The SMILES string of the molecule is CCOc1ccc(NC(=O)NC(=O)COC(=O)C[C@H]2C[C@@H]3CC[C@@H]2C3)cc1OCC. The minimum Gasteiger partial charge on any atom is -0.490 e. The molecule has 30 heavy (non-hydrogen) atoms. The van der Waals surface area contributed by atoms with E-state index in [9.17, 15) is 14.4 Å². The van der Waals surface area contributed by atoms with Crippen LogP contribution in [-0.4, -0.2) is 37.7 Å². The van der Waals surface area contributed by atoms with E-state index in [1.54, 1.807) is 18.2 Å². The molecule has 0 radical (unpaired) electrons. The summed E-state index contributed by atoms with van der Waals surface area (Å²) in [6.07, 6.45) is 5.12. The average Bonchev–Trinajstić information content (AvgIpc) is 3.32. The predicted molar refractivity (Wildman–Crippen MR) is 110 cm³/mol. The Morgan fingerprint density at radius 2 is 1.80 bits per heavy atom. The molecule has 0 saturated heterocycles. The van der Waals surface area contributed by atoms with Gasteiger partial charge in [-0.05, 0) is 63.0 Å². The molecule has 2 fully saturated rings. The fourth-order valence-corrected chi connectivity index (χ4v) is 4.50. The fraction of sp³-hybridized carbons (Fsp3) is 0.591. The van der Waals surface area contributed by atoms with Crippen LogP contribution in [0.2, 0.25) is 0 Å². The monoisotopic (exact) mass is 418 g/mol. The first-order valence-electron chi connectivity index (χ1n) is 10.6. The number of ether oxygens (including phenoxy) is 3. The molecule has 8 nitrogen and oxygen atoms in total. The summed E-state index contributed by atoms with van der Waals surface area (Å²) in [5.74, 6) is 1.77. The third-order valence-electron chi connectivity index (χ3n) is 5.73. The molecule has 3 atom stereocenters. The number of hydrogen-bond donors (Lipinski definition) is 2. The highest BCUT2D eigenvalue weighted by molar-refractivity contribution is 6.02. The van der Waals surface area contributed by atoms with Gasteiger partial charge in [-0.3, -0.25) is 14.9 Å². The number of urea groups is 1. The first-order chi connectivity index (χ1) is 14.5. The number of fused-ring (bicyclic) bond motifs is 2. The quantitative estimate of drug-likeness (QED) is 0.595. The molecule has 0 aliphatic heterocycles. The molecule has 2 bridgehead atoms. The van der Waals surface area contributed by atoms with Gasteiger partial charge in [-0.25, -0.2) is 4.79 Å². The second kappa shape index (κ2) is 10.3. The Morgan fingerprint density at radius 3 is 2.47 bits per heavy atom. The van der Waals surface area contributed by atoms with E-state index < -0.39 is 18.5 Å². The summed E-state index contributed by atoms with van der Waals surface area (Å²) in [4.78, 5) is 36.0. The van der Waals surface area contributed by atoms with Gasteiger partial charge in [0.05, 0.1) is 13.2 Å². The zero-order valence-corrected chi connectivity index (χ0v) is 17.6. The van der Waals surface area contributed by atoms with Crippen molar-refractivity contribution in [3.63, 3.8) is 0 Å². The van der Waals surface area contributed by atoms with E-state index in [1.165, 1.54) is 19.3 Å². The zero-order valence-electron chi connectivity index (χ0n) is 17.6. The minimum absolute atomic E-state index is 0.354. The van der Waals surface area contributed by atoms with E-state index >= 15 is 0 Å². The van der Waals surface area contributed by atoms with Gasteiger partial charge in [0, 0.05) is 18.2 Å². The Morgan fingerprint density at radius 1 is 1.03 bits per heavy atom. The zero-order chi connectivity index (χ0) is 21.5. The van der Waals surface area contributed by atoms with Crippen molar-refractivity contribution in [1.82, 2.24) is 5.32 Å². The predicted octanol–water partition coefficient (Wildman–Crippen LogP) is 3.50. The molecule has 0 spiro atoms. The van der Waals surface area contributed by atoms with Crippen molar-refractivity contribution in [3.05, 3.63) is 18.2 Å². The maximum Gasteiger partial charge on any atom is 0.325 e. The summed E-state index contributed by atoms with van der Waals surface area (Å²) in [7, 11) is 0. The lowest BCUT2D eigenvalue weighted by Gasteiger charge is -2.20. The molecule has 0 unspecified atom stereocenters. The number of carbonyl (C=O) groups excluding carboxylic acids is 3. The first kappa shape index (κ1) is 21.9. The Hall–Kier alpha value is -2.77. The van der Waals surface area contributed by atoms with Crippen LogP contribution >= 0.6 is 0 Å². The molecule has 3 rings (SSSR count). The minimum atomic E-state index is -0.712. The highest BCUT2D eigenvalue weighted by Crippen LogP contribution is 2.49. The number of hydrogen-bond acceptors (Lipinski definition) is 6. The molecule has 164 valence electrons. The van der Waals surface area contributed by atoms with E-state index in [4.69, 9.17) is 14.2 Å². The van der Waals surface area contributed by atoms with Crippen LogP contribution in [0.5, 0.6) is 11.5 Å². The van der Waals surface area contributed by atoms with Crippen molar-refractivity contribution in [2.24, 2.45) is 17.8 Å². The number of benzene rings is 1. The number of carbonyl (C=O) groups is 3. The van der Waals surface area contributed by atoms with E-state index in [0.717, 1.165) is 12.3 Å². The van der Waals surface area contributed by atoms with Crippen molar-refractivity contribution in [3.8, 4) is 11.5 Å². The third kappa shape index (κ3) is 5.87. The summed E-state index contributed by atoms with van der Waals surface area (Å²) in [6, 6.07) is 4.24. The molecule has 1 aromatic carbocycles. The molecule has 2 N–H and O–H groups in total. The number of esters is 1. The summed E-state index contributed by atoms with van der Waals surface area (Å²) in [5, 5.41) is 4.72. The highest BCUT2D eigenvalue weighted by atomic mass is 16.5. The molecular weight excluding hydrogens is 388 g/mol. The molecule has 2 saturated carbocycles. The molecule has 0 aromatic heterocycles. The number of rotatable bonds is 9. The second-order valence-corrected chi connectivity index (χ2v) is 7.83. The van der Waals surface area contributed by atoms with E-state index in [2.05, 4.69) is 10.6 Å².